The molecule has 0 aliphatic heterocycles. The molecule has 3 nitrogen and oxygen atoms in total. The molecule has 0 amide bonds. The fraction of sp³-hybridized carbons (Fsp3) is 0.545. The van der Waals surface area contributed by atoms with Crippen LogP contribution in [-0.4, -0.2) is 25.8 Å². The summed E-state index contributed by atoms with van der Waals surface area (Å²) >= 11 is 0. The van der Waals surface area contributed by atoms with E-state index in [9.17, 15) is 4.79 Å². The Kier molecular flexibility index (Phi) is 4.21. The molecule has 1 aliphatic rings. The van der Waals surface area contributed by atoms with Crippen molar-refractivity contribution >= 4 is 5.97 Å². The van der Waals surface area contributed by atoms with Crippen LogP contribution in [0.1, 0.15) is 13.3 Å². The highest BCUT2D eigenvalue weighted by atomic mass is 16.5. The molecule has 14 heavy (non-hydrogen) atoms. The summed E-state index contributed by atoms with van der Waals surface area (Å²) in [5.41, 5.74) is 0. The molecule has 1 rings (SSSR count). The average Bonchev–Trinajstić information content (AvgIpc) is 2.92. The molecule has 0 bridgehead atoms. The topological polar surface area (TPSA) is 35.5 Å². The van der Waals surface area contributed by atoms with Crippen LogP contribution in [0.3, 0.4) is 0 Å². The van der Waals surface area contributed by atoms with Gasteiger partial charge in [-0.25, -0.2) is 4.79 Å². The van der Waals surface area contributed by atoms with E-state index in [2.05, 4.69) is 16.6 Å². The molecule has 3 heteroatoms. The van der Waals surface area contributed by atoms with E-state index in [1.807, 2.05) is 6.92 Å². The molecule has 1 aliphatic carbocycles. The van der Waals surface area contributed by atoms with E-state index in [4.69, 9.17) is 4.74 Å². The van der Waals surface area contributed by atoms with Gasteiger partial charge in [-0.05, 0) is 19.4 Å². The van der Waals surface area contributed by atoms with Crippen LogP contribution in [0.4, 0.5) is 0 Å². The second kappa shape index (κ2) is 5.46. The van der Waals surface area contributed by atoms with Gasteiger partial charge in [-0.15, -0.1) is 0 Å². The fourth-order valence-electron chi connectivity index (χ4n) is 1.05. The number of carbonyl (C=O) groups is 1. The van der Waals surface area contributed by atoms with Crippen molar-refractivity contribution in [2.45, 2.75) is 19.4 Å². The Balaban J connectivity index is 2.22. The van der Waals surface area contributed by atoms with Crippen molar-refractivity contribution in [3.8, 4) is 11.8 Å². The number of allylic oxidation sites excluding steroid dienone is 1. The van der Waals surface area contributed by atoms with E-state index in [0.29, 0.717) is 12.0 Å². The Labute approximate surface area is 84.1 Å². The molecule has 0 saturated heterocycles. The molecule has 0 aromatic rings. The molecular weight excluding hydrogens is 180 g/mol. The van der Waals surface area contributed by atoms with E-state index in [1.54, 1.807) is 0 Å². The zero-order chi connectivity index (χ0) is 10.4. The van der Waals surface area contributed by atoms with Crippen molar-refractivity contribution in [1.29, 1.82) is 0 Å². The van der Waals surface area contributed by atoms with Gasteiger partial charge < -0.3 is 9.47 Å². The third-order valence-corrected chi connectivity index (χ3v) is 1.89. The summed E-state index contributed by atoms with van der Waals surface area (Å²) in [4.78, 5) is 10.6. The highest BCUT2D eigenvalue weighted by Crippen LogP contribution is 2.32. The van der Waals surface area contributed by atoms with Gasteiger partial charge in [0.1, 0.15) is 0 Å². The lowest BCUT2D eigenvalue weighted by Crippen LogP contribution is -1.94. The Bertz CT molecular complexity index is 283. The zero-order valence-corrected chi connectivity index (χ0v) is 8.45. The SMILES string of the molecule is CCO[C@@H]1C[C@H]1C#C/C=C\C(=O)OC. The van der Waals surface area contributed by atoms with Gasteiger partial charge >= 0.3 is 5.97 Å². The lowest BCUT2D eigenvalue weighted by Gasteiger charge is -1.92. The number of esters is 1. The van der Waals surface area contributed by atoms with Crippen LogP contribution in [0.5, 0.6) is 0 Å². The van der Waals surface area contributed by atoms with Gasteiger partial charge in [0.05, 0.1) is 13.2 Å². The summed E-state index contributed by atoms with van der Waals surface area (Å²) in [6.45, 7) is 2.71. The summed E-state index contributed by atoms with van der Waals surface area (Å²) in [5.74, 6) is 5.76. The highest BCUT2D eigenvalue weighted by molar-refractivity contribution is 5.82. The fourth-order valence-corrected chi connectivity index (χ4v) is 1.05. The number of rotatable bonds is 3. The average molecular weight is 194 g/mol. The van der Waals surface area contributed by atoms with Crippen LogP contribution in [0, 0.1) is 17.8 Å². The van der Waals surface area contributed by atoms with Crippen LogP contribution in [0.2, 0.25) is 0 Å². The van der Waals surface area contributed by atoms with Crippen molar-refractivity contribution in [2.24, 2.45) is 5.92 Å². The Morgan fingerprint density at radius 3 is 3.07 bits per heavy atom. The van der Waals surface area contributed by atoms with Gasteiger partial charge in [-0.1, -0.05) is 11.8 Å². The smallest absolute Gasteiger partial charge is 0.331 e. The van der Waals surface area contributed by atoms with Gasteiger partial charge in [-0.2, -0.15) is 0 Å². The van der Waals surface area contributed by atoms with Gasteiger partial charge in [0.15, 0.2) is 0 Å². The summed E-state index contributed by atoms with van der Waals surface area (Å²) in [7, 11) is 1.34. The van der Waals surface area contributed by atoms with E-state index < -0.39 is 0 Å². The second-order valence-corrected chi connectivity index (χ2v) is 2.98. The maximum atomic E-state index is 10.6. The molecule has 0 unspecified atom stereocenters. The number of carbonyl (C=O) groups excluding carboxylic acids is 1. The minimum Gasteiger partial charge on any atom is -0.466 e. The molecule has 0 N–H and O–H groups in total. The van der Waals surface area contributed by atoms with Crippen molar-refractivity contribution in [2.75, 3.05) is 13.7 Å². The molecule has 0 aromatic heterocycles. The summed E-state index contributed by atoms with van der Waals surface area (Å²) in [6, 6.07) is 0. The number of hydrogen-bond donors (Lipinski definition) is 0. The van der Waals surface area contributed by atoms with Gasteiger partial charge in [-0.3, -0.25) is 0 Å². The van der Waals surface area contributed by atoms with Crippen LogP contribution in [0.25, 0.3) is 0 Å². The quantitative estimate of drug-likeness (QED) is 0.384. The molecule has 0 aromatic carbocycles. The Morgan fingerprint density at radius 1 is 1.64 bits per heavy atom. The van der Waals surface area contributed by atoms with E-state index in [-0.39, 0.29) is 5.97 Å². The normalized spacial score (nSPS) is 24.1. The third-order valence-electron chi connectivity index (χ3n) is 1.89. The molecule has 0 heterocycles. The first-order valence-electron chi connectivity index (χ1n) is 4.65. The maximum absolute atomic E-state index is 10.6. The molecule has 1 fully saturated rings. The number of methoxy groups -OCH3 is 1. The van der Waals surface area contributed by atoms with E-state index in [1.165, 1.54) is 19.3 Å². The Hall–Kier alpha value is -1.27. The predicted molar refractivity (Wildman–Crippen MR) is 52.5 cm³/mol. The van der Waals surface area contributed by atoms with Crippen LogP contribution >= 0.6 is 0 Å². The molecule has 1 saturated carbocycles. The number of ether oxygens (including phenoxy) is 2. The van der Waals surface area contributed by atoms with E-state index in [0.717, 1.165) is 13.0 Å². The maximum Gasteiger partial charge on any atom is 0.331 e. The largest absolute Gasteiger partial charge is 0.466 e. The van der Waals surface area contributed by atoms with Crippen molar-refractivity contribution in [1.82, 2.24) is 0 Å². The lowest BCUT2D eigenvalue weighted by molar-refractivity contribution is -0.134. The molecule has 76 valence electrons. The van der Waals surface area contributed by atoms with Crippen molar-refractivity contribution in [3.63, 3.8) is 0 Å². The monoisotopic (exact) mass is 194 g/mol. The van der Waals surface area contributed by atoms with Gasteiger partial charge in [0, 0.05) is 18.6 Å². The Morgan fingerprint density at radius 2 is 2.43 bits per heavy atom. The van der Waals surface area contributed by atoms with Crippen molar-refractivity contribution < 1.29 is 14.3 Å². The minimum atomic E-state index is -0.378. The molecule has 0 spiro atoms. The lowest BCUT2D eigenvalue weighted by atomic mass is 10.4. The van der Waals surface area contributed by atoms with Gasteiger partial charge in [0.25, 0.3) is 0 Å². The highest BCUT2D eigenvalue weighted by Gasteiger charge is 2.36. The first-order valence-corrected chi connectivity index (χ1v) is 4.65. The second-order valence-electron chi connectivity index (χ2n) is 2.98. The first-order chi connectivity index (χ1) is 6.77. The van der Waals surface area contributed by atoms with Crippen LogP contribution < -0.4 is 0 Å². The molecule has 2 atom stereocenters. The zero-order valence-electron chi connectivity index (χ0n) is 8.45. The summed E-state index contributed by atoms with van der Waals surface area (Å²) < 4.78 is 9.76. The van der Waals surface area contributed by atoms with Crippen LogP contribution in [0.15, 0.2) is 12.2 Å². The third kappa shape index (κ3) is 3.63. The van der Waals surface area contributed by atoms with Crippen molar-refractivity contribution in [3.05, 3.63) is 12.2 Å². The predicted octanol–water partition coefficient (Wildman–Crippen LogP) is 1.14. The van der Waals surface area contributed by atoms with Crippen LogP contribution in [-0.2, 0) is 14.3 Å². The molecule has 0 radical (unpaired) electrons. The molecular formula is C11H14O3. The summed E-state index contributed by atoms with van der Waals surface area (Å²) in [6.07, 6.45) is 4.13. The first kappa shape index (κ1) is 10.8. The van der Waals surface area contributed by atoms with Gasteiger partial charge in [0.2, 0.25) is 0 Å². The summed E-state index contributed by atoms with van der Waals surface area (Å²) in [5, 5.41) is 0. The van der Waals surface area contributed by atoms with E-state index >= 15 is 0 Å². The minimum absolute atomic E-state index is 0.305. The number of hydrogen-bond acceptors (Lipinski definition) is 3. The standard InChI is InChI=1S/C11H14O3/c1-3-14-10-8-9(10)6-4-5-7-11(12)13-2/h5,7,9-10H,3,8H2,1-2H3/b7-5-/t9-,10-/m1/s1.